The van der Waals surface area contributed by atoms with E-state index in [4.69, 9.17) is 5.73 Å². The average molecular weight is 234 g/mol. The lowest BCUT2D eigenvalue weighted by Crippen LogP contribution is -2.24. The molecule has 17 heavy (non-hydrogen) atoms. The van der Waals surface area contributed by atoms with Crippen LogP contribution in [-0.2, 0) is 6.54 Å². The van der Waals surface area contributed by atoms with Crippen LogP contribution >= 0.6 is 0 Å². The monoisotopic (exact) mass is 234 g/mol. The number of nitrogen functional groups attached to an aromatic ring is 1. The summed E-state index contributed by atoms with van der Waals surface area (Å²) in [4.78, 5) is 18.4. The Balaban J connectivity index is 2.07. The Kier molecular flexibility index (Phi) is 3.04. The van der Waals surface area contributed by atoms with Crippen molar-refractivity contribution in [2.75, 3.05) is 5.73 Å². The first-order valence-corrected chi connectivity index (χ1v) is 4.97. The lowest BCUT2D eigenvalue weighted by Gasteiger charge is -2.06. The van der Waals surface area contributed by atoms with E-state index in [1.54, 1.807) is 6.20 Å². The van der Waals surface area contributed by atoms with Gasteiger partial charge in [0.25, 0.3) is 5.91 Å². The molecule has 0 saturated heterocycles. The first kappa shape index (κ1) is 11.1. The predicted octanol–water partition coefficient (Wildman–Crippen LogP) is 1.06. The minimum absolute atomic E-state index is 0.129. The molecule has 2 aromatic rings. The van der Waals surface area contributed by atoms with Gasteiger partial charge in [0, 0.05) is 11.9 Å². The molecule has 0 aliphatic heterocycles. The second-order valence-corrected chi connectivity index (χ2v) is 3.49. The molecule has 0 unspecified atom stereocenters. The van der Waals surface area contributed by atoms with Gasteiger partial charge in [-0.1, -0.05) is 0 Å². The fraction of sp³-hybridized carbons (Fsp3) is 0.0909. The molecule has 1 heterocycles. The standard InChI is InChI=1S/C11H11FN4O/c12-7-1-2-10(13)9(3-7)11(17)15-5-8-4-14-6-16-8/h1-4,6H,5,13H2,(H,14,16)(H,15,17). The Morgan fingerprint density at radius 2 is 2.35 bits per heavy atom. The number of rotatable bonds is 3. The van der Waals surface area contributed by atoms with Crippen LogP contribution in [0.4, 0.5) is 10.1 Å². The quantitative estimate of drug-likeness (QED) is 0.694. The molecule has 0 aliphatic carbocycles. The predicted molar refractivity (Wildman–Crippen MR) is 60.6 cm³/mol. The van der Waals surface area contributed by atoms with Gasteiger partial charge < -0.3 is 16.0 Å². The molecule has 0 radical (unpaired) electrons. The molecule has 0 aliphatic rings. The molecule has 0 bridgehead atoms. The molecule has 4 N–H and O–H groups in total. The van der Waals surface area contributed by atoms with Gasteiger partial charge in [-0.25, -0.2) is 9.37 Å². The van der Waals surface area contributed by atoms with E-state index in [1.165, 1.54) is 18.5 Å². The van der Waals surface area contributed by atoms with Crippen molar-refractivity contribution < 1.29 is 9.18 Å². The van der Waals surface area contributed by atoms with Gasteiger partial charge in [-0.05, 0) is 18.2 Å². The Morgan fingerprint density at radius 1 is 1.53 bits per heavy atom. The summed E-state index contributed by atoms with van der Waals surface area (Å²) >= 11 is 0. The summed E-state index contributed by atoms with van der Waals surface area (Å²) in [6.45, 7) is 0.286. The molecule has 88 valence electrons. The molecule has 1 aromatic carbocycles. The number of nitrogens with one attached hydrogen (secondary N) is 2. The topological polar surface area (TPSA) is 83.8 Å². The van der Waals surface area contributed by atoms with Crippen LogP contribution in [0.2, 0.25) is 0 Å². The zero-order valence-corrected chi connectivity index (χ0v) is 8.90. The van der Waals surface area contributed by atoms with E-state index in [2.05, 4.69) is 15.3 Å². The van der Waals surface area contributed by atoms with Crippen molar-refractivity contribution in [3.05, 3.63) is 47.8 Å². The molecule has 2 rings (SSSR count). The second-order valence-electron chi connectivity index (χ2n) is 3.49. The number of hydrogen-bond acceptors (Lipinski definition) is 3. The van der Waals surface area contributed by atoms with Crippen molar-refractivity contribution >= 4 is 11.6 Å². The van der Waals surface area contributed by atoms with Crippen molar-refractivity contribution in [2.24, 2.45) is 0 Å². The minimum atomic E-state index is -0.495. The van der Waals surface area contributed by atoms with E-state index >= 15 is 0 Å². The third-order valence-corrected chi connectivity index (χ3v) is 2.25. The maximum absolute atomic E-state index is 13.0. The normalized spacial score (nSPS) is 10.2. The lowest BCUT2D eigenvalue weighted by molar-refractivity contribution is 0.0951. The van der Waals surface area contributed by atoms with Crippen LogP contribution in [0.3, 0.4) is 0 Å². The number of carbonyl (C=O) groups is 1. The number of amides is 1. The maximum Gasteiger partial charge on any atom is 0.253 e. The Labute approximate surface area is 96.9 Å². The number of halogens is 1. The number of H-pyrrole nitrogens is 1. The number of aromatic amines is 1. The highest BCUT2D eigenvalue weighted by molar-refractivity contribution is 5.99. The van der Waals surface area contributed by atoms with Crippen LogP contribution in [0, 0.1) is 5.82 Å². The largest absolute Gasteiger partial charge is 0.398 e. The third-order valence-electron chi connectivity index (χ3n) is 2.25. The highest BCUT2D eigenvalue weighted by Crippen LogP contribution is 2.13. The molecule has 0 saturated carbocycles. The number of anilines is 1. The van der Waals surface area contributed by atoms with Gasteiger partial charge in [-0.2, -0.15) is 0 Å². The fourth-order valence-corrected chi connectivity index (χ4v) is 1.38. The lowest BCUT2D eigenvalue weighted by atomic mass is 10.1. The number of aromatic nitrogens is 2. The summed E-state index contributed by atoms with van der Waals surface area (Å²) in [5.74, 6) is -0.914. The molecule has 1 amide bonds. The van der Waals surface area contributed by atoms with Crippen molar-refractivity contribution in [2.45, 2.75) is 6.54 Å². The van der Waals surface area contributed by atoms with E-state index in [1.807, 2.05) is 0 Å². The molecular formula is C11H11FN4O. The Hall–Kier alpha value is -2.37. The summed E-state index contributed by atoms with van der Waals surface area (Å²) < 4.78 is 13.0. The summed E-state index contributed by atoms with van der Waals surface area (Å²) in [6, 6.07) is 3.68. The number of carbonyl (C=O) groups excluding carboxylic acids is 1. The van der Waals surface area contributed by atoms with E-state index in [-0.39, 0.29) is 17.8 Å². The fourth-order valence-electron chi connectivity index (χ4n) is 1.38. The number of nitrogens with zero attached hydrogens (tertiary/aromatic N) is 1. The smallest absolute Gasteiger partial charge is 0.253 e. The molecule has 0 spiro atoms. The molecule has 5 nitrogen and oxygen atoms in total. The van der Waals surface area contributed by atoms with Crippen LogP contribution in [-0.4, -0.2) is 15.9 Å². The van der Waals surface area contributed by atoms with E-state index in [9.17, 15) is 9.18 Å². The number of nitrogens with two attached hydrogens (primary N) is 1. The van der Waals surface area contributed by atoms with Crippen LogP contribution in [0.25, 0.3) is 0 Å². The van der Waals surface area contributed by atoms with Gasteiger partial charge in [0.05, 0.1) is 24.1 Å². The molecular weight excluding hydrogens is 223 g/mol. The Bertz CT molecular complexity index is 524. The third kappa shape index (κ3) is 2.60. The second kappa shape index (κ2) is 4.65. The maximum atomic E-state index is 13.0. The number of imidazole rings is 1. The van der Waals surface area contributed by atoms with Gasteiger partial charge in [-0.15, -0.1) is 0 Å². The number of benzene rings is 1. The highest BCUT2D eigenvalue weighted by Gasteiger charge is 2.10. The number of hydrogen-bond donors (Lipinski definition) is 3. The summed E-state index contributed by atoms with van der Waals surface area (Å²) in [5.41, 5.74) is 6.72. The van der Waals surface area contributed by atoms with Gasteiger partial charge in [0.1, 0.15) is 5.82 Å². The van der Waals surface area contributed by atoms with Crippen molar-refractivity contribution in [3.8, 4) is 0 Å². The molecule has 0 atom stereocenters. The van der Waals surface area contributed by atoms with E-state index in [0.29, 0.717) is 0 Å². The van der Waals surface area contributed by atoms with Crippen LogP contribution in [0.5, 0.6) is 0 Å². The van der Waals surface area contributed by atoms with E-state index in [0.717, 1.165) is 11.8 Å². The molecule has 0 fully saturated rings. The van der Waals surface area contributed by atoms with E-state index < -0.39 is 11.7 Å². The summed E-state index contributed by atoms with van der Waals surface area (Å²) in [5, 5.41) is 2.61. The highest BCUT2D eigenvalue weighted by atomic mass is 19.1. The van der Waals surface area contributed by atoms with Crippen LogP contribution in [0.15, 0.2) is 30.7 Å². The Morgan fingerprint density at radius 3 is 3.06 bits per heavy atom. The van der Waals surface area contributed by atoms with Crippen molar-refractivity contribution in [1.82, 2.24) is 15.3 Å². The summed E-state index contributed by atoms with van der Waals surface area (Å²) in [6.07, 6.45) is 3.10. The van der Waals surface area contributed by atoms with Gasteiger partial charge in [0.15, 0.2) is 0 Å². The van der Waals surface area contributed by atoms with Crippen molar-refractivity contribution in [1.29, 1.82) is 0 Å². The average Bonchev–Trinajstić information content (AvgIpc) is 2.82. The molecule has 6 heteroatoms. The zero-order valence-electron chi connectivity index (χ0n) is 8.90. The zero-order chi connectivity index (χ0) is 12.3. The first-order chi connectivity index (χ1) is 8.16. The first-order valence-electron chi connectivity index (χ1n) is 4.97. The molecule has 1 aromatic heterocycles. The van der Waals surface area contributed by atoms with Crippen molar-refractivity contribution in [3.63, 3.8) is 0 Å². The van der Waals surface area contributed by atoms with Crippen LogP contribution < -0.4 is 11.1 Å². The van der Waals surface area contributed by atoms with Gasteiger partial charge in [0.2, 0.25) is 0 Å². The SMILES string of the molecule is Nc1ccc(F)cc1C(=O)NCc1cnc[nH]1. The summed E-state index contributed by atoms with van der Waals surface area (Å²) in [7, 11) is 0. The van der Waals surface area contributed by atoms with Gasteiger partial charge >= 0.3 is 0 Å². The van der Waals surface area contributed by atoms with Crippen LogP contribution in [0.1, 0.15) is 16.1 Å². The van der Waals surface area contributed by atoms with Gasteiger partial charge in [-0.3, -0.25) is 4.79 Å². The minimum Gasteiger partial charge on any atom is -0.398 e.